The maximum atomic E-state index is 10.7. The van der Waals surface area contributed by atoms with Crippen molar-refractivity contribution in [2.75, 3.05) is 26.2 Å². The van der Waals surface area contributed by atoms with Crippen molar-refractivity contribution in [3.05, 3.63) is 0 Å². The number of ether oxygens (including phenoxy) is 1. The number of hydrogen-bond acceptors (Lipinski definition) is 4. The van der Waals surface area contributed by atoms with Gasteiger partial charge >= 0.3 is 5.97 Å². The minimum absolute atomic E-state index is 0.158. The molecule has 98 valence electrons. The Morgan fingerprint density at radius 3 is 2.94 bits per heavy atom. The molecule has 0 amide bonds. The van der Waals surface area contributed by atoms with Gasteiger partial charge in [-0.05, 0) is 32.2 Å². The van der Waals surface area contributed by atoms with E-state index in [1.54, 1.807) is 0 Å². The van der Waals surface area contributed by atoms with E-state index in [4.69, 9.17) is 9.84 Å². The van der Waals surface area contributed by atoms with Gasteiger partial charge in [0.05, 0.1) is 18.1 Å². The molecule has 2 atom stereocenters. The van der Waals surface area contributed by atoms with Crippen molar-refractivity contribution in [1.29, 1.82) is 0 Å². The molecule has 2 saturated heterocycles. The Morgan fingerprint density at radius 2 is 2.29 bits per heavy atom. The summed E-state index contributed by atoms with van der Waals surface area (Å²) in [7, 11) is 0. The van der Waals surface area contributed by atoms with Crippen LogP contribution in [0.4, 0.5) is 0 Å². The van der Waals surface area contributed by atoms with Crippen LogP contribution in [0, 0.1) is 0 Å². The van der Waals surface area contributed by atoms with E-state index in [9.17, 15) is 9.90 Å². The Balaban J connectivity index is 1.85. The number of rotatable bonds is 4. The molecule has 0 spiro atoms. The van der Waals surface area contributed by atoms with Gasteiger partial charge in [0.15, 0.2) is 0 Å². The fourth-order valence-electron chi connectivity index (χ4n) is 2.86. The first-order valence-corrected chi connectivity index (χ1v) is 6.36. The van der Waals surface area contributed by atoms with Crippen molar-refractivity contribution in [2.24, 2.45) is 0 Å². The highest BCUT2D eigenvalue weighted by Gasteiger charge is 2.36. The molecule has 17 heavy (non-hydrogen) atoms. The molecule has 5 nitrogen and oxygen atoms in total. The smallest absolute Gasteiger partial charge is 0.306 e. The minimum Gasteiger partial charge on any atom is -0.481 e. The molecule has 2 heterocycles. The van der Waals surface area contributed by atoms with Crippen LogP contribution in [0.5, 0.6) is 0 Å². The summed E-state index contributed by atoms with van der Waals surface area (Å²) in [5.74, 6) is -0.925. The van der Waals surface area contributed by atoms with E-state index >= 15 is 0 Å². The van der Waals surface area contributed by atoms with Gasteiger partial charge in [-0.2, -0.15) is 0 Å². The Hall–Kier alpha value is -0.650. The number of likely N-dealkylation sites (tertiary alicyclic amines) is 1. The van der Waals surface area contributed by atoms with E-state index in [1.165, 1.54) is 0 Å². The molecule has 2 aliphatic heterocycles. The average Bonchev–Trinajstić information content (AvgIpc) is 2.68. The lowest BCUT2D eigenvalue weighted by Gasteiger charge is -2.39. The number of β-amino-alcohol motifs (C(OH)–C–C–N with tert-alkyl or cyclic N) is 1. The zero-order valence-electron chi connectivity index (χ0n) is 10.1. The summed E-state index contributed by atoms with van der Waals surface area (Å²) >= 11 is 0. The molecule has 0 saturated carbocycles. The molecule has 2 unspecified atom stereocenters. The first-order chi connectivity index (χ1) is 8.07. The zero-order chi connectivity index (χ0) is 12.3. The van der Waals surface area contributed by atoms with Crippen LogP contribution < -0.4 is 0 Å². The normalized spacial score (nSPS) is 35.0. The second kappa shape index (κ2) is 5.33. The Kier molecular flexibility index (Phi) is 4.01. The van der Waals surface area contributed by atoms with Crippen LogP contribution in [0.2, 0.25) is 0 Å². The number of carbonyl (C=O) groups is 1. The highest BCUT2D eigenvalue weighted by Crippen LogP contribution is 2.25. The summed E-state index contributed by atoms with van der Waals surface area (Å²) in [5, 5.41) is 19.0. The maximum Gasteiger partial charge on any atom is 0.306 e. The van der Waals surface area contributed by atoms with Crippen molar-refractivity contribution < 1.29 is 19.7 Å². The third-order valence-electron chi connectivity index (χ3n) is 3.60. The molecule has 2 N–H and O–H groups in total. The van der Waals surface area contributed by atoms with Crippen LogP contribution in [-0.4, -0.2) is 59.0 Å². The molecular weight excluding hydrogens is 222 g/mol. The van der Waals surface area contributed by atoms with Gasteiger partial charge in [-0.3, -0.25) is 9.69 Å². The Labute approximate surface area is 101 Å². The number of carboxylic acids is 1. The van der Waals surface area contributed by atoms with Crippen molar-refractivity contribution in [3.63, 3.8) is 0 Å². The first-order valence-electron chi connectivity index (χ1n) is 6.36. The van der Waals surface area contributed by atoms with Gasteiger partial charge in [0.2, 0.25) is 0 Å². The van der Waals surface area contributed by atoms with Gasteiger partial charge in [-0.1, -0.05) is 0 Å². The standard InChI is InChI=1S/C12H21NO4/c14-11(15)7-12(16)4-2-5-13(9-12)8-10-3-1-6-17-10/h10,16H,1-9H2,(H,14,15). The van der Waals surface area contributed by atoms with Crippen molar-refractivity contribution >= 4 is 5.97 Å². The van der Waals surface area contributed by atoms with Gasteiger partial charge in [-0.25, -0.2) is 0 Å². The summed E-state index contributed by atoms with van der Waals surface area (Å²) in [4.78, 5) is 12.9. The lowest BCUT2D eigenvalue weighted by Crippen LogP contribution is -2.51. The molecule has 0 radical (unpaired) electrons. The average molecular weight is 243 g/mol. The minimum atomic E-state index is -1.05. The molecular formula is C12H21NO4. The van der Waals surface area contributed by atoms with Gasteiger partial charge in [0.25, 0.3) is 0 Å². The molecule has 0 aromatic carbocycles. The summed E-state index contributed by atoms with van der Waals surface area (Å²) in [6.45, 7) is 3.04. The van der Waals surface area contributed by atoms with E-state index < -0.39 is 11.6 Å². The van der Waals surface area contributed by atoms with Crippen molar-refractivity contribution in [3.8, 4) is 0 Å². The van der Waals surface area contributed by atoms with Gasteiger partial charge in [-0.15, -0.1) is 0 Å². The number of aliphatic carboxylic acids is 1. The van der Waals surface area contributed by atoms with Gasteiger partial charge < -0.3 is 14.9 Å². The van der Waals surface area contributed by atoms with E-state index in [1.807, 2.05) is 0 Å². The van der Waals surface area contributed by atoms with Gasteiger partial charge in [0.1, 0.15) is 0 Å². The Bertz CT molecular complexity index is 278. The fraction of sp³-hybridized carbons (Fsp3) is 0.917. The highest BCUT2D eigenvalue weighted by atomic mass is 16.5. The van der Waals surface area contributed by atoms with Crippen LogP contribution >= 0.6 is 0 Å². The predicted molar refractivity (Wildman–Crippen MR) is 61.9 cm³/mol. The van der Waals surface area contributed by atoms with Crippen LogP contribution in [0.3, 0.4) is 0 Å². The SMILES string of the molecule is O=C(O)CC1(O)CCCN(CC2CCCO2)C1. The quantitative estimate of drug-likeness (QED) is 0.751. The van der Waals surface area contributed by atoms with Crippen LogP contribution in [0.15, 0.2) is 0 Å². The molecule has 0 aliphatic carbocycles. The number of hydrogen-bond donors (Lipinski definition) is 2. The van der Waals surface area contributed by atoms with Crippen LogP contribution in [0.25, 0.3) is 0 Å². The summed E-state index contributed by atoms with van der Waals surface area (Å²) in [6, 6.07) is 0. The third-order valence-corrected chi connectivity index (χ3v) is 3.60. The largest absolute Gasteiger partial charge is 0.481 e. The molecule has 2 aliphatic rings. The third kappa shape index (κ3) is 3.66. The molecule has 0 aromatic heterocycles. The first kappa shape index (κ1) is 12.8. The summed E-state index contributed by atoms with van der Waals surface area (Å²) in [5.41, 5.74) is -1.05. The topological polar surface area (TPSA) is 70.0 Å². The second-order valence-electron chi connectivity index (χ2n) is 5.27. The molecule has 0 aromatic rings. The maximum absolute atomic E-state index is 10.7. The number of nitrogens with zero attached hydrogens (tertiary/aromatic N) is 1. The van der Waals surface area contributed by atoms with E-state index in [-0.39, 0.29) is 12.5 Å². The summed E-state index contributed by atoms with van der Waals surface area (Å²) < 4.78 is 5.57. The van der Waals surface area contributed by atoms with Crippen molar-refractivity contribution in [1.82, 2.24) is 4.90 Å². The van der Waals surface area contributed by atoms with Crippen molar-refractivity contribution in [2.45, 2.75) is 43.8 Å². The lowest BCUT2D eigenvalue weighted by molar-refractivity contribution is -0.145. The van der Waals surface area contributed by atoms with Crippen LogP contribution in [-0.2, 0) is 9.53 Å². The Morgan fingerprint density at radius 1 is 1.47 bits per heavy atom. The number of carboxylic acid groups (broad SMARTS) is 1. The fourth-order valence-corrected chi connectivity index (χ4v) is 2.86. The molecule has 2 rings (SSSR count). The molecule has 5 heteroatoms. The number of piperidine rings is 1. The number of aliphatic hydroxyl groups is 1. The van der Waals surface area contributed by atoms with E-state index in [0.717, 1.165) is 39.0 Å². The monoisotopic (exact) mass is 243 g/mol. The van der Waals surface area contributed by atoms with Crippen LogP contribution in [0.1, 0.15) is 32.1 Å². The summed E-state index contributed by atoms with van der Waals surface area (Å²) in [6.07, 6.45) is 3.74. The predicted octanol–water partition coefficient (Wildman–Crippen LogP) is 0.467. The van der Waals surface area contributed by atoms with E-state index in [0.29, 0.717) is 13.0 Å². The van der Waals surface area contributed by atoms with E-state index in [2.05, 4.69) is 4.90 Å². The zero-order valence-corrected chi connectivity index (χ0v) is 10.1. The molecule has 2 fully saturated rings. The van der Waals surface area contributed by atoms with Gasteiger partial charge in [0, 0.05) is 19.7 Å². The second-order valence-corrected chi connectivity index (χ2v) is 5.27. The lowest BCUT2D eigenvalue weighted by atomic mass is 9.89. The highest BCUT2D eigenvalue weighted by molar-refractivity contribution is 5.68. The molecule has 0 bridgehead atoms.